The van der Waals surface area contributed by atoms with Crippen molar-refractivity contribution < 1.29 is 9.13 Å². The van der Waals surface area contributed by atoms with Gasteiger partial charge < -0.3 is 10.1 Å². The third kappa shape index (κ3) is 6.36. The molecule has 3 aromatic carbocycles. The third-order valence-electron chi connectivity index (χ3n) is 4.70. The fourth-order valence-corrected chi connectivity index (χ4v) is 3.15. The van der Waals surface area contributed by atoms with E-state index in [9.17, 15) is 4.39 Å². The highest BCUT2D eigenvalue weighted by Gasteiger charge is 2.05. The van der Waals surface area contributed by atoms with Crippen LogP contribution < -0.4 is 10.1 Å². The summed E-state index contributed by atoms with van der Waals surface area (Å²) in [6, 6.07) is 23.3. The quantitative estimate of drug-likeness (QED) is 0.466. The molecule has 0 aliphatic rings. The van der Waals surface area contributed by atoms with Gasteiger partial charge in [-0.3, -0.25) is 0 Å². The molecule has 1 atom stereocenters. The fraction of sp³-hybridized carbons (Fsp3) is 0.250. The summed E-state index contributed by atoms with van der Waals surface area (Å²) in [5, 5.41) is 3.95. The Labute approximate surface area is 171 Å². The van der Waals surface area contributed by atoms with Crippen LogP contribution in [0.3, 0.4) is 0 Å². The van der Waals surface area contributed by atoms with E-state index in [1.165, 1.54) is 23.3 Å². The SMILES string of the molecule is C[C@@H](CCc1ccccc1)NCc1ccc(OCc2ccc(F)cc2Cl)cc1. The number of halogens is 2. The normalized spacial score (nSPS) is 12.0. The average molecular weight is 398 g/mol. The molecule has 0 aromatic heterocycles. The highest BCUT2D eigenvalue weighted by molar-refractivity contribution is 6.31. The van der Waals surface area contributed by atoms with Gasteiger partial charge in [-0.05, 0) is 55.2 Å². The Bertz CT molecular complexity index is 868. The van der Waals surface area contributed by atoms with Crippen molar-refractivity contribution in [2.75, 3.05) is 0 Å². The van der Waals surface area contributed by atoms with Crippen molar-refractivity contribution in [2.24, 2.45) is 0 Å². The molecule has 0 radical (unpaired) electrons. The van der Waals surface area contributed by atoms with Crippen molar-refractivity contribution in [1.29, 1.82) is 0 Å². The lowest BCUT2D eigenvalue weighted by Gasteiger charge is -2.14. The van der Waals surface area contributed by atoms with Crippen LogP contribution in [0.5, 0.6) is 5.75 Å². The summed E-state index contributed by atoms with van der Waals surface area (Å²) in [5.74, 6) is 0.421. The molecular weight excluding hydrogens is 373 g/mol. The van der Waals surface area contributed by atoms with Gasteiger partial charge in [-0.2, -0.15) is 0 Å². The van der Waals surface area contributed by atoms with Gasteiger partial charge in [-0.25, -0.2) is 4.39 Å². The standard InChI is InChI=1S/C24H25ClFNO/c1-18(7-8-19-5-3-2-4-6-19)27-16-20-9-13-23(14-10-20)28-17-21-11-12-22(26)15-24(21)25/h2-6,9-15,18,27H,7-8,16-17H2,1H3/t18-/m0/s1. The molecule has 3 aromatic rings. The monoisotopic (exact) mass is 397 g/mol. The van der Waals surface area contributed by atoms with E-state index in [1.54, 1.807) is 6.07 Å². The Morgan fingerprint density at radius 3 is 2.43 bits per heavy atom. The molecule has 0 heterocycles. The van der Waals surface area contributed by atoms with E-state index in [0.717, 1.165) is 30.7 Å². The predicted molar refractivity (Wildman–Crippen MR) is 113 cm³/mol. The summed E-state index contributed by atoms with van der Waals surface area (Å²) in [6.45, 7) is 3.35. The highest BCUT2D eigenvalue weighted by Crippen LogP contribution is 2.20. The molecule has 146 valence electrons. The van der Waals surface area contributed by atoms with Gasteiger partial charge in [-0.15, -0.1) is 0 Å². The second-order valence-corrected chi connectivity index (χ2v) is 7.38. The van der Waals surface area contributed by atoms with Crippen molar-refractivity contribution in [3.63, 3.8) is 0 Å². The van der Waals surface area contributed by atoms with Crippen LogP contribution in [0.15, 0.2) is 72.8 Å². The van der Waals surface area contributed by atoms with Gasteiger partial charge >= 0.3 is 0 Å². The number of hydrogen-bond donors (Lipinski definition) is 1. The maximum atomic E-state index is 13.1. The Morgan fingerprint density at radius 1 is 0.964 bits per heavy atom. The molecule has 3 rings (SSSR count). The molecule has 2 nitrogen and oxygen atoms in total. The van der Waals surface area contributed by atoms with Crippen LogP contribution in [0.4, 0.5) is 4.39 Å². The van der Waals surface area contributed by atoms with Gasteiger partial charge in [-0.1, -0.05) is 60.1 Å². The Morgan fingerprint density at radius 2 is 1.71 bits per heavy atom. The fourth-order valence-electron chi connectivity index (χ4n) is 2.93. The van der Waals surface area contributed by atoms with E-state index in [4.69, 9.17) is 16.3 Å². The van der Waals surface area contributed by atoms with Crippen molar-refractivity contribution >= 4 is 11.6 Å². The summed E-state index contributed by atoms with van der Waals surface area (Å²) in [7, 11) is 0. The molecule has 0 bridgehead atoms. The van der Waals surface area contributed by atoms with Crippen molar-refractivity contribution in [3.05, 3.63) is 100 Å². The first kappa shape index (κ1) is 20.4. The van der Waals surface area contributed by atoms with Gasteiger partial charge in [0.25, 0.3) is 0 Å². The number of benzene rings is 3. The molecule has 0 aliphatic heterocycles. The van der Waals surface area contributed by atoms with Gasteiger partial charge in [0.1, 0.15) is 18.2 Å². The molecule has 1 N–H and O–H groups in total. The Balaban J connectivity index is 1.42. The smallest absolute Gasteiger partial charge is 0.124 e. The van der Waals surface area contributed by atoms with E-state index >= 15 is 0 Å². The van der Waals surface area contributed by atoms with Crippen molar-refractivity contribution in [1.82, 2.24) is 5.32 Å². The minimum atomic E-state index is -0.344. The highest BCUT2D eigenvalue weighted by atomic mass is 35.5. The lowest BCUT2D eigenvalue weighted by Crippen LogP contribution is -2.25. The molecule has 0 spiro atoms. The average Bonchev–Trinajstić information content (AvgIpc) is 2.71. The minimum Gasteiger partial charge on any atom is -0.489 e. The van der Waals surface area contributed by atoms with Crippen LogP contribution in [-0.2, 0) is 19.6 Å². The van der Waals surface area contributed by atoms with Gasteiger partial charge in [0, 0.05) is 18.2 Å². The Kier molecular flexibility index (Phi) is 7.46. The van der Waals surface area contributed by atoms with Gasteiger partial charge in [0.2, 0.25) is 0 Å². The number of rotatable bonds is 9. The van der Waals surface area contributed by atoms with Crippen LogP contribution in [0, 0.1) is 5.82 Å². The van der Waals surface area contributed by atoms with E-state index < -0.39 is 0 Å². The van der Waals surface area contributed by atoms with Crippen LogP contribution in [0.2, 0.25) is 5.02 Å². The number of nitrogens with one attached hydrogen (secondary N) is 1. The molecule has 0 unspecified atom stereocenters. The van der Waals surface area contributed by atoms with Crippen LogP contribution in [0.1, 0.15) is 30.0 Å². The molecule has 0 saturated heterocycles. The second kappa shape index (κ2) is 10.3. The van der Waals surface area contributed by atoms with E-state index in [0.29, 0.717) is 17.7 Å². The van der Waals surface area contributed by atoms with Crippen LogP contribution in [0.25, 0.3) is 0 Å². The molecular formula is C24H25ClFNO. The van der Waals surface area contributed by atoms with Crippen molar-refractivity contribution in [3.8, 4) is 5.75 Å². The largest absolute Gasteiger partial charge is 0.489 e. The number of ether oxygens (including phenoxy) is 1. The molecule has 4 heteroatoms. The van der Waals surface area contributed by atoms with E-state index in [1.807, 2.05) is 18.2 Å². The molecule has 0 fully saturated rings. The molecule has 0 amide bonds. The molecule has 0 aliphatic carbocycles. The zero-order valence-electron chi connectivity index (χ0n) is 16.0. The lowest BCUT2D eigenvalue weighted by molar-refractivity contribution is 0.306. The summed E-state index contributed by atoms with van der Waals surface area (Å²) in [5.41, 5.74) is 3.35. The third-order valence-corrected chi connectivity index (χ3v) is 5.05. The molecule has 0 saturated carbocycles. The first-order valence-corrected chi connectivity index (χ1v) is 9.91. The van der Waals surface area contributed by atoms with Crippen molar-refractivity contribution in [2.45, 2.75) is 39.0 Å². The predicted octanol–water partition coefficient (Wildman–Crippen LogP) is 6.17. The van der Waals surface area contributed by atoms with E-state index in [-0.39, 0.29) is 5.82 Å². The zero-order chi connectivity index (χ0) is 19.8. The second-order valence-electron chi connectivity index (χ2n) is 6.97. The first-order chi connectivity index (χ1) is 13.6. The number of aryl methyl sites for hydroxylation is 1. The summed E-state index contributed by atoms with van der Waals surface area (Å²) in [6.07, 6.45) is 2.18. The summed E-state index contributed by atoms with van der Waals surface area (Å²) in [4.78, 5) is 0. The minimum absolute atomic E-state index is 0.313. The molecule has 28 heavy (non-hydrogen) atoms. The van der Waals surface area contributed by atoms with Gasteiger partial charge in [0.05, 0.1) is 5.02 Å². The number of hydrogen-bond acceptors (Lipinski definition) is 2. The zero-order valence-corrected chi connectivity index (χ0v) is 16.8. The van der Waals surface area contributed by atoms with Crippen LogP contribution >= 0.6 is 11.6 Å². The maximum Gasteiger partial charge on any atom is 0.124 e. The Hall–Kier alpha value is -2.36. The van der Waals surface area contributed by atoms with E-state index in [2.05, 4.69) is 48.6 Å². The first-order valence-electron chi connectivity index (χ1n) is 9.53. The van der Waals surface area contributed by atoms with Gasteiger partial charge in [0.15, 0.2) is 0 Å². The summed E-state index contributed by atoms with van der Waals surface area (Å²) >= 11 is 6.03. The topological polar surface area (TPSA) is 21.3 Å². The van der Waals surface area contributed by atoms with Crippen LogP contribution in [-0.4, -0.2) is 6.04 Å². The maximum absolute atomic E-state index is 13.1. The lowest BCUT2D eigenvalue weighted by atomic mass is 10.1. The summed E-state index contributed by atoms with van der Waals surface area (Å²) < 4.78 is 18.8.